The van der Waals surface area contributed by atoms with Crippen LogP contribution in [0.25, 0.3) is 0 Å². The highest BCUT2D eigenvalue weighted by Gasteiger charge is 2.33. The Morgan fingerprint density at radius 2 is 1.56 bits per heavy atom. The molecule has 2 aromatic rings. The predicted octanol–water partition coefficient (Wildman–Crippen LogP) is 8.98. The molecule has 1 aliphatic carbocycles. The largest absolute Gasteiger partial charge is 0.423 e. The third-order valence-electron chi connectivity index (χ3n) is 7.43. The Balaban J connectivity index is 1.64. The first kappa shape index (κ1) is 24.6. The van der Waals surface area contributed by atoms with Gasteiger partial charge in [-0.1, -0.05) is 96.4 Å². The molecule has 0 saturated heterocycles. The number of ether oxygens (including phenoxy) is 1. The predicted molar refractivity (Wildman–Crippen MR) is 135 cm³/mol. The molecule has 0 radical (unpaired) electrons. The summed E-state index contributed by atoms with van der Waals surface area (Å²) >= 11 is 0. The molecule has 0 aliphatic heterocycles. The van der Waals surface area contributed by atoms with Gasteiger partial charge in [-0.3, -0.25) is 0 Å². The van der Waals surface area contributed by atoms with Gasteiger partial charge in [0, 0.05) is 0 Å². The molecule has 2 aromatic carbocycles. The Labute approximate surface area is 195 Å². The highest BCUT2D eigenvalue weighted by atomic mass is 16.5. The van der Waals surface area contributed by atoms with Gasteiger partial charge in [-0.05, 0) is 72.4 Å². The third kappa shape index (κ3) is 6.47. The molecular formula is C30H42O2. The summed E-state index contributed by atoms with van der Waals surface area (Å²) in [5.41, 5.74) is 3.65. The van der Waals surface area contributed by atoms with Crippen LogP contribution in [0.1, 0.15) is 125 Å². The van der Waals surface area contributed by atoms with E-state index in [4.69, 9.17) is 4.74 Å². The van der Waals surface area contributed by atoms with Gasteiger partial charge < -0.3 is 4.74 Å². The molecule has 0 spiro atoms. The molecule has 1 saturated carbocycles. The van der Waals surface area contributed by atoms with Crippen molar-refractivity contribution in [2.75, 3.05) is 0 Å². The molecular weight excluding hydrogens is 392 g/mol. The van der Waals surface area contributed by atoms with E-state index in [1.807, 2.05) is 24.3 Å². The maximum atomic E-state index is 12.7. The van der Waals surface area contributed by atoms with Crippen LogP contribution in [0.2, 0.25) is 0 Å². The second-order valence-corrected chi connectivity index (χ2v) is 9.88. The molecule has 0 N–H and O–H groups in total. The number of carbonyl (C=O) groups is 1. The van der Waals surface area contributed by atoms with Crippen LogP contribution in [0.3, 0.4) is 0 Å². The zero-order chi connectivity index (χ0) is 22.8. The number of unbranched alkanes of at least 4 members (excludes halogenated alkanes) is 3. The Bertz CT molecular complexity index is 813. The summed E-state index contributed by atoms with van der Waals surface area (Å²) in [5.74, 6) is 0.880. The van der Waals surface area contributed by atoms with Crippen LogP contribution in [0.15, 0.2) is 48.5 Å². The Hall–Kier alpha value is -2.09. The SMILES string of the molecule is CCCCCCC1(c2ccc(OC(=O)c3ccc(C(C)CCC)cc3)cc2)CCCCC1. The molecule has 1 unspecified atom stereocenters. The lowest BCUT2D eigenvalue weighted by molar-refractivity contribution is 0.0734. The van der Waals surface area contributed by atoms with Crippen LogP contribution in [0.5, 0.6) is 5.75 Å². The van der Waals surface area contributed by atoms with Crippen LogP contribution >= 0.6 is 0 Å². The highest BCUT2D eigenvalue weighted by Crippen LogP contribution is 2.43. The molecule has 1 aliphatic rings. The Kier molecular flexibility index (Phi) is 9.38. The minimum Gasteiger partial charge on any atom is -0.423 e. The van der Waals surface area contributed by atoms with Crippen molar-refractivity contribution < 1.29 is 9.53 Å². The van der Waals surface area contributed by atoms with Crippen molar-refractivity contribution in [3.8, 4) is 5.75 Å². The van der Waals surface area contributed by atoms with Crippen LogP contribution in [0, 0.1) is 0 Å². The van der Waals surface area contributed by atoms with Crippen molar-refractivity contribution in [2.24, 2.45) is 0 Å². The maximum absolute atomic E-state index is 12.7. The quantitative estimate of drug-likeness (QED) is 0.200. The van der Waals surface area contributed by atoms with Gasteiger partial charge in [0.15, 0.2) is 0 Å². The first-order valence-corrected chi connectivity index (χ1v) is 13.0. The van der Waals surface area contributed by atoms with Gasteiger partial charge in [-0.2, -0.15) is 0 Å². The van der Waals surface area contributed by atoms with Crippen LogP contribution in [0.4, 0.5) is 0 Å². The summed E-state index contributed by atoms with van der Waals surface area (Å²) in [4.78, 5) is 12.7. The van der Waals surface area contributed by atoms with Crippen LogP contribution in [-0.4, -0.2) is 5.97 Å². The van der Waals surface area contributed by atoms with E-state index < -0.39 is 0 Å². The minimum absolute atomic E-state index is 0.278. The minimum atomic E-state index is -0.278. The zero-order valence-electron chi connectivity index (χ0n) is 20.5. The second kappa shape index (κ2) is 12.2. The molecule has 32 heavy (non-hydrogen) atoms. The molecule has 174 valence electrons. The number of rotatable bonds is 11. The summed E-state index contributed by atoms with van der Waals surface area (Å²) in [6.07, 6.45) is 15.5. The Morgan fingerprint density at radius 3 is 2.19 bits per heavy atom. The van der Waals surface area contributed by atoms with Crippen molar-refractivity contribution in [1.82, 2.24) is 0 Å². The van der Waals surface area contributed by atoms with Crippen molar-refractivity contribution in [2.45, 2.75) is 109 Å². The normalized spacial score (nSPS) is 16.5. The average Bonchev–Trinajstić information content (AvgIpc) is 2.83. The van der Waals surface area contributed by atoms with E-state index in [0.717, 1.165) is 6.42 Å². The molecule has 0 heterocycles. The number of hydrogen-bond donors (Lipinski definition) is 0. The summed E-state index contributed by atoms with van der Waals surface area (Å²) in [7, 11) is 0. The van der Waals surface area contributed by atoms with E-state index in [0.29, 0.717) is 22.6 Å². The first-order chi connectivity index (χ1) is 15.6. The van der Waals surface area contributed by atoms with E-state index in [-0.39, 0.29) is 5.97 Å². The second-order valence-electron chi connectivity index (χ2n) is 9.88. The van der Waals surface area contributed by atoms with Crippen molar-refractivity contribution >= 4 is 5.97 Å². The molecule has 3 rings (SSSR count). The molecule has 2 nitrogen and oxygen atoms in total. The van der Waals surface area contributed by atoms with E-state index in [1.165, 1.54) is 81.8 Å². The highest BCUT2D eigenvalue weighted by molar-refractivity contribution is 5.91. The average molecular weight is 435 g/mol. The molecule has 2 heteroatoms. The number of carbonyl (C=O) groups excluding carboxylic acids is 1. The summed E-state index contributed by atoms with van der Waals surface area (Å²) in [5, 5.41) is 0. The van der Waals surface area contributed by atoms with Gasteiger partial charge in [0.25, 0.3) is 0 Å². The molecule has 1 fully saturated rings. The molecule has 0 amide bonds. The number of hydrogen-bond acceptors (Lipinski definition) is 2. The van der Waals surface area contributed by atoms with Crippen molar-refractivity contribution in [1.29, 1.82) is 0 Å². The fourth-order valence-corrected chi connectivity index (χ4v) is 5.39. The van der Waals surface area contributed by atoms with Crippen LogP contribution in [-0.2, 0) is 5.41 Å². The van der Waals surface area contributed by atoms with E-state index in [1.54, 1.807) is 0 Å². The number of esters is 1. The summed E-state index contributed by atoms with van der Waals surface area (Å²) < 4.78 is 5.70. The molecule has 1 atom stereocenters. The van der Waals surface area contributed by atoms with Gasteiger partial charge >= 0.3 is 5.97 Å². The topological polar surface area (TPSA) is 26.3 Å². The zero-order valence-corrected chi connectivity index (χ0v) is 20.5. The number of benzene rings is 2. The maximum Gasteiger partial charge on any atom is 0.343 e. The monoisotopic (exact) mass is 434 g/mol. The van der Waals surface area contributed by atoms with Gasteiger partial charge in [0.05, 0.1) is 5.56 Å². The molecule has 0 bridgehead atoms. The summed E-state index contributed by atoms with van der Waals surface area (Å²) in [6, 6.07) is 16.3. The standard InChI is InChI=1S/C30H42O2/c1-4-6-7-9-21-30(22-10-8-11-23-30)27-17-19-28(20-18-27)32-29(31)26-15-13-25(14-16-26)24(3)12-5-2/h13-20,24H,4-12,21-23H2,1-3H3. The smallest absolute Gasteiger partial charge is 0.343 e. The van der Waals surface area contributed by atoms with E-state index >= 15 is 0 Å². The van der Waals surface area contributed by atoms with Crippen LogP contribution < -0.4 is 4.74 Å². The molecule has 0 aromatic heterocycles. The lowest BCUT2D eigenvalue weighted by Gasteiger charge is -2.38. The van der Waals surface area contributed by atoms with Gasteiger partial charge in [-0.15, -0.1) is 0 Å². The fraction of sp³-hybridized carbons (Fsp3) is 0.567. The van der Waals surface area contributed by atoms with Gasteiger partial charge in [0.1, 0.15) is 5.75 Å². The van der Waals surface area contributed by atoms with E-state index in [2.05, 4.69) is 45.0 Å². The third-order valence-corrected chi connectivity index (χ3v) is 7.43. The lowest BCUT2D eigenvalue weighted by atomic mass is 9.66. The van der Waals surface area contributed by atoms with Gasteiger partial charge in [0.2, 0.25) is 0 Å². The van der Waals surface area contributed by atoms with Crippen molar-refractivity contribution in [3.63, 3.8) is 0 Å². The van der Waals surface area contributed by atoms with E-state index in [9.17, 15) is 4.79 Å². The summed E-state index contributed by atoms with van der Waals surface area (Å²) in [6.45, 7) is 6.72. The van der Waals surface area contributed by atoms with Crippen molar-refractivity contribution in [3.05, 3.63) is 65.2 Å². The fourth-order valence-electron chi connectivity index (χ4n) is 5.39. The first-order valence-electron chi connectivity index (χ1n) is 13.0. The van der Waals surface area contributed by atoms with Gasteiger partial charge in [-0.25, -0.2) is 4.79 Å². The lowest BCUT2D eigenvalue weighted by Crippen LogP contribution is -2.29. The Morgan fingerprint density at radius 1 is 0.875 bits per heavy atom.